The van der Waals surface area contributed by atoms with E-state index in [4.69, 9.17) is 4.42 Å². The number of fused-ring (bicyclic) bond motifs is 7. The summed E-state index contributed by atoms with van der Waals surface area (Å²) in [6.07, 6.45) is 0. The van der Waals surface area contributed by atoms with Crippen LogP contribution in [0.3, 0.4) is 0 Å². The third-order valence-electron chi connectivity index (χ3n) is 13.4. The minimum absolute atomic E-state index is 0.889. The van der Waals surface area contributed by atoms with Gasteiger partial charge in [0.15, 0.2) is 0 Å². The van der Waals surface area contributed by atoms with E-state index in [1.54, 1.807) is 0 Å². The summed E-state index contributed by atoms with van der Waals surface area (Å²) in [4.78, 5) is 2.36. The Bertz CT molecular complexity index is 3930. The van der Waals surface area contributed by atoms with Crippen LogP contribution in [0.5, 0.6) is 0 Å². The number of nitrogens with zero attached hydrogens (tertiary/aromatic N) is 2. The van der Waals surface area contributed by atoms with Gasteiger partial charge in [0.2, 0.25) is 0 Å². The Morgan fingerprint density at radius 1 is 0.284 bits per heavy atom. The first-order chi connectivity index (χ1) is 33.2. The maximum atomic E-state index is 6.32. The van der Waals surface area contributed by atoms with Crippen molar-refractivity contribution in [1.29, 1.82) is 0 Å². The fourth-order valence-corrected chi connectivity index (χ4v) is 10.2. The first kappa shape index (κ1) is 38.5. The van der Waals surface area contributed by atoms with Gasteiger partial charge in [0, 0.05) is 44.3 Å². The molecular formula is C64H42N2O. The van der Waals surface area contributed by atoms with Gasteiger partial charge in [0.05, 0.1) is 11.0 Å². The van der Waals surface area contributed by atoms with E-state index in [1.807, 2.05) is 12.1 Å². The van der Waals surface area contributed by atoms with Gasteiger partial charge in [-0.2, -0.15) is 0 Å². The summed E-state index contributed by atoms with van der Waals surface area (Å²) >= 11 is 0. The second-order valence-electron chi connectivity index (χ2n) is 17.3. The van der Waals surface area contributed by atoms with Crippen molar-refractivity contribution >= 4 is 71.6 Å². The van der Waals surface area contributed by atoms with Crippen LogP contribution in [-0.2, 0) is 0 Å². The minimum atomic E-state index is 0.889. The van der Waals surface area contributed by atoms with Gasteiger partial charge in [-0.25, -0.2) is 0 Å². The molecule has 0 N–H and O–H groups in total. The lowest BCUT2D eigenvalue weighted by Crippen LogP contribution is -2.10. The molecule has 2 aromatic heterocycles. The molecule has 11 aromatic carbocycles. The fourth-order valence-electron chi connectivity index (χ4n) is 10.2. The summed E-state index contributed by atoms with van der Waals surface area (Å²) < 4.78 is 8.71. The van der Waals surface area contributed by atoms with E-state index < -0.39 is 0 Å². The standard InChI is InChI=1S/C64H42N2O/c1-2-21-55-44(13-1)14-12-25-56(55)45-31-36-52(37-32-45)65(53-19-10-18-49(40-53)50-33-38-60-59-24-5-8-28-63(59)67-64(60)42-50)51-34-29-43(30-35-51)46-15-9-16-47(39-46)48-17-11-20-54(41-48)66-61-26-6-3-22-57(61)58-23-4-7-27-62(58)66/h1-42H. The van der Waals surface area contributed by atoms with E-state index >= 15 is 0 Å². The minimum Gasteiger partial charge on any atom is -0.456 e. The van der Waals surface area contributed by atoms with Gasteiger partial charge in [0.1, 0.15) is 11.2 Å². The lowest BCUT2D eigenvalue weighted by atomic mass is 9.97. The summed E-state index contributed by atoms with van der Waals surface area (Å²) in [7, 11) is 0. The average Bonchev–Trinajstić information content (AvgIpc) is 3.95. The maximum absolute atomic E-state index is 6.32. The molecule has 0 spiro atoms. The fraction of sp³-hybridized carbons (Fsp3) is 0. The number of furan rings is 1. The number of anilines is 3. The predicted octanol–water partition coefficient (Wildman–Crippen LogP) is 18.0. The molecule has 0 bridgehead atoms. The number of hydrogen-bond donors (Lipinski definition) is 0. The molecular weight excluding hydrogens is 813 g/mol. The molecule has 2 heterocycles. The normalized spacial score (nSPS) is 11.6. The molecule has 0 saturated carbocycles. The van der Waals surface area contributed by atoms with Gasteiger partial charge in [0.25, 0.3) is 0 Å². The molecule has 0 radical (unpaired) electrons. The van der Waals surface area contributed by atoms with Crippen molar-refractivity contribution in [2.45, 2.75) is 0 Å². The molecule has 314 valence electrons. The Morgan fingerprint density at radius 3 is 1.54 bits per heavy atom. The van der Waals surface area contributed by atoms with Crippen molar-refractivity contribution in [3.8, 4) is 50.2 Å². The van der Waals surface area contributed by atoms with Crippen molar-refractivity contribution < 1.29 is 4.42 Å². The van der Waals surface area contributed by atoms with Crippen LogP contribution in [0.15, 0.2) is 259 Å². The highest BCUT2D eigenvalue weighted by Crippen LogP contribution is 2.41. The monoisotopic (exact) mass is 854 g/mol. The van der Waals surface area contributed by atoms with E-state index in [9.17, 15) is 0 Å². The second kappa shape index (κ2) is 16.0. The van der Waals surface area contributed by atoms with Crippen LogP contribution in [0.2, 0.25) is 0 Å². The summed E-state index contributed by atoms with van der Waals surface area (Å²) in [5.74, 6) is 0. The molecule has 0 atom stereocenters. The van der Waals surface area contributed by atoms with Crippen LogP contribution in [0.4, 0.5) is 17.1 Å². The Morgan fingerprint density at radius 2 is 0.791 bits per heavy atom. The van der Waals surface area contributed by atoms with Crippen LogP contribution < -0.4 is 4.90 Å². The average molecular weight is 855 g/mol. The molecule has 0 aliphatic carbocycles. The summed E-state index contributed by atoms with van der Waals surface area (Å²) in [6.45, 7) is 0. The molecule has 3 nitrogen and oxygen atoms in total. The largest absolute Gasteiger partial charge is 0.456 e. The molecule has 0 saturated heterocycles. The van der Waals surface area contributed by atoms with Gasteiger partial charge in [-0.05, 0) is 140 Å². The van der Waals surface area contributed by atoms with Crippen molar-refractivity contribution in [3.63, 3.8) is 0 Å². The van der Waals surface area contributed by atoms with E-state index in [2.05, 4.69) is 252 Å². The molecule has 13 aromatic rings. The van der Waals surface area contributed by atoms with Crippen LogP contribution in [0.1, 0.15) is 0 Å². The first-order valence-electron chi connectivity index (χ1n) is 22.9. The maximum Gasteiger partial charge on any atom is 0.136 e. The van der Waals surface area contributed by atoms with Gasteiger partial charge >= 0.3 is 0 Å². The molecule has 0 aliphatic rings. The zero-order valence-corrected chi connectivity index (χ0v) is 36.6. The van der Waals surface area contributed by atoms with Crippen molar-refractivity contribution in [2.24, 2.45) is 0 Å². The summed E-state index contributed by atoms with van der Waals surface area (Å²) in [5.41, 5.74) is 17.9. The van der Waals surface area contributed by atoms with Gasteiger partial charge in [-0.1, -0.05) is 170 Å². The van der Waals surface area contributed by atoms with Crippen molar-refractivity contribution in [1.82, 2.24) is 4.57 Å². The molecule has 67 heavy (non-hydrogen) atoms. The number of rotatable bonds is 8. The van der Waals surface area contributed by atoms with Crippen LogP contribution >= 0.6 is 0 Å². The van der Waals surface area contributed by atoms with E-state index in [0.717, 1.165) is 61.4 Å². The molecule has 0 fully saturated rings. The van der Waals surface area contributed by atoms with E-state index in [1.165, 1.54) is 60.4 Å². The Hall–Kier alpha value is -8.92. The molecule has 3 heteroatoms. The smallest absolute Gasteiger partial charge is 0.136 e. The lowest BCUT2D eigenvalue weighted by molar-refractivity contribution is 0.669. The Balaban J connectivity index is 0.867. The topological polar surface area (TPSA) is 21.3 Å². The zero-order valence-electron chi connectivity index (χ0n) is 36.6. The highest BCUT2D eigenvalue weighted by molar-refractivity contribution is 6.09. The predicted molar refractivity (Wildman–Crippen MR) is 282 cm³/mol. The third kappa shape index (κ3) is 6.76. The SMILES string of the molecule is c1cc(-c2ccc(N(c3ccc(-c4cccc5ccccc45)cc3)c3cccc(-c4ccc5c(c4)oc4ccccc45)c3)cc2)cc(-c2cccc(-n3c4ccccc4c4ccccc43)c2)c1. The number of hydrogen-bond acceptors (Lipinski definition) is 2. The molecule has 0 amide bonds. The Kier molecular flexibility index (Phi) is 9.17. The molecule has 13 rings (SSSR count). The highest BCUT2D eigenvalue weighted by Gasteiger charge is 2.17. The van der Waals surface area contributed by atoms with Crippen molar-refractivity contribution in [2.75, 3.05) is 4.90 Å². The van der Waals surface area contributed by atoms with E-state index in [0.29, 0.717) is 0 Å². The van der Waals surface area contributed by atoms with Gasteiger partial charge in [-0.15, -0.1) is 0 Å². The lowest BCUT2D eigenvalue weighted by Gasteiger charge is -2.26. The van der Waals surface area contributed by atoms with Crippen LogP contribution in [0.25, 0.3) is 105 Å². The summed E-state index contributed by atoms with van der Waals surface area (Å²) in [5, 5.41) is 7.27. The number of aromatic nitrogens is 1. The second-order valence-corrected chi connectivity index (χ2v) is 17.3. The Labute approximate surface area is 388 Å². The third-order valence-corrected chi connectivity index (χ3v) is 13.4. The summed E-state index contributed by atoms with van der Waals surface area (Å²) in [6, 6.07) is 91.9. The molecule has 0 aliphatic heterocycles. The zero-order chi connectivity index (χ0) is 44.3. The number of para-hydroxylation sites is 3. The van der Waals surface area contributed by atoms with Crippen LogP contribution in [0, 0.1) is 0 Å². The van der Waals surface area contributed by atoms with Gasteiger partial charge in [-0.3, -0.25) is 0 Å². The van der Waals surface area contributed by atoms with E-state index in [-0.39, 0.29) is 0 Å². The number of benzene rings is 11. The van der Waals surface area contributed by atoms with Gasteiger partial charge < -0.3 is 13.9 Å². The quantitative estimate of drug-likeness (QED) is 0.152. The first-order valence-corrected chi connectivity index (χ1v) is 22.9. The highest BCUT2D eigenvalue weighted by atomic mass is 16.3. The van der Waals surface area contributed by atoms with Crippen LogP contribution in [-0.4, -0.2) is 4.57 Å². The molecule has 0 unspecified atom stereocenters. The van der Waals surface area contributed by atoms with Crippen molar-refractivity contribution in [3.05, 3.63) is 255 Å².